The third kappa shape index (κ3) is 2.35. The predicted octanol–water partition coefficient (Wildman–Crippen LogP) is 2.14. The van der Waals surface area contributed by atoms with E-state index in [2.05, 4.69) is 10.1 Å². The molecule has 6 heteroatoms. The smallest absolute Gasteiger partial charge is 0.238 e. The lowest BCUT2D eigenvalue weighted by Gasteiger charge is -1.99. The molecule has 0 saturated carbocycles. The average molecular weight is 276 g/mol. The van der Waals surface area contributed by atoms with Crippen LogP contribution >= 0.6 is 11.8 Å². The Bertz CT molecular complexity index is 594. The van der Waals surface area contributed by atoms with E-state index in [1.165, 1.54) is 0 Å². The van der Waals surface area contributed by atoms with Gasteiger partial charge in [0.2, 0.25) is 11.7 Å². The average Bonchev–Trinajstić information content (AvgIpc) is 3.07. The Morgan fingerprint density at radius 1 is 1.37 bits per heavy atom. The summed E-state index contributed by atoms with van der Waals surface area (Å²) in [5, 5.41) is 3.93. The highest BCUT2D eigenvalue weighted by atomic mass is 32.2. The van der Waals surface area contributed by atoms with Crippen molar-refractivity contribution in [1.29, 1.82) is 0 Å². The minimum atomic E-state index is -0.246. The molecule has 1 saturated heterocycles. The standard InChI is InChI=1S/C13H12N2O3S/c1-17-9-4-2-8(3-5-9)12-14-13(18-15-12)10-6-19-7-11(10)16/h2-5,10H,6-7H2,1H3. The van der Waals surface area contributed by atoms with Gasteiger partial charge < -0.3 is 9.26 Å². The van der Waals surface area contributed by atoms with E-state index >= 15 is 0 Å². The third-order valence-electron chi connectivity index (χ3n) is 3.01. The molecule has 3 rings (SSSR count). The molecule has 1 aliphatic rings. The number of benzene rings is 1. The quantitative estimate of drug-likeness (QED) is 0.855. The van der Waals surface area contributed by atoms with Crippen LogP contribution in [0.25, 0.3) is 11.4 Å². The van der Waals surface area contributed by atoms with E-state index in [1.807, 2.05) is 24.3 Å². The van der Waals surface area contributed by atoms with Gasteiger partial charge in [-0.15, -0.1) is 0 Å². The Hall–Kier alpha value is -1.82. The summed E-state index contributed by atoms with van der Waals surface area (Å²) < 4.78 is 10.3. The monoisotopic (exact) mass is 276 g/mol. The van der Waals surface area contributed by atoms with E-state index in [4.69, 9.17) is 9.26 Å². The highest BCUT2D eigenvalue weighted by Crippen LogP contribution is 2.30. The Balaban J connectivity index is 1.85. The van der Waals surface area contributed by atoms with Crippen LogP contribution in [0.4, 0.5) is 0 Å². The summed E-state index contributed by atoms with van der Waals surface area (Å²) in [5.41, 5.74) is 0.842. The fourth-order valence-electron chi connectivity index (χ4n) is 1.91. The number of thioether (sulfide) groups is 1. The van der Waals surface area contributed by atoms with Crippen molar-refractivity contribution in [2.24, 2.45) is 0 Å². The first kappa shape index (κ1) is 12.2. The van der Waals surface area contributed by atoms with Gasteiger partial charge in [-0.25, -0.2) is 0 Å². The lowest BCUT2D eigenvalue weighted by Crippen LogP contribution is -2.09. The van der Waals surface area contributed by atoms with E-state index in [-0.39, 0.29) is 11.7 Å². The summed E-state index contributed by atoms with van der Waals surface area (Å²) >= 11 is 1.60. The number of carbonyl (C=O) groups excluding carboxylic acids is 1. The van der Waals surface area contributed by atoms with Gasteiger partial charge in [0.25, 0.3) is 0 Å². The van der Waals surface area contributed by atoms with Crippen LogP contribution in [0.1, 0.15) is 11.8 Å². The summed E-state index contributed by atoms with van der Waals surface area (Å²) in [5.74, 6) is 2.87. The van der Waals surface area contributed by atoms with Crippen LogP contribution in [0.2, 0.25) is 0 Å². The van der Waals surface area contributed by atoms with Crippen molar-refractivity contribution < 1.29 is 14.1 Å². The second-order valence-corrected chi connectivity index (χ2v) is 5.25. The fraction of sp³-hybridized carbons (Fsp3) is 0.308. The van der Waals surface area contributed by atoms with Gasteiger partial charge in [-0.05, 0) is 24.3 Å². The zero-order valence-corrected chi connectivity index (χ0v) is 11.1. The zero-order valence-electron chi connectivity index (χ0n) is 10.3. The van der Waals surface area contributed by atoms with Gasteiger partial charge in [-0.1, -0.05) is 5.16 Å². The number of methoxy groups -OCH3 is 1. The van der Waals surface area contributed by atoms with Crippen LogP contribution < -0.4 is 4.74 Å². The molecule has 2 heterocycles. The molecule has 1 unspecified atom stereocenters. The molecule has 0 radical (unpaired) electrons. The number of hydrogen-bond acceptors (Lipinski definition) is 6. The molecule has 1 aromatic heterocycles. The fourth-order valence-corrected chi connectivity index (χ4v) is 3.00. The Labute approximate surface area is 114 Å². The second-order valence-electron chi connectivity index (χ2n) is 4.22. The molecule has 0 N–H and O–H groups in total. The van der Waals surface area contributed by atoms with Gasteiger partial charge in [-0.3, -0.25) is 4.79 Å². The molecule has 19 heavy (non-hydrogen) atoms. The van der Waals surface area contributed by atoms with Gasteiger partial charge in [0.05, 0.1) is 12.9 Å². The van der Waals surface area contributed by atoms with Crippen LogP contribution in [0, 0.1) is 0 Å². The van der Waals surface area contributed by atoms with Crippen LogP contribution in [0.15, 0.2) is 28.8 Å². The topological polar surface area (TPSA) is 65.2 Å². The molecule has 2 aromatic rings. The number of carbonyl (C=O) groups is 1. The SMILES string of the molecule is COc1ccc(-c2noc(C3CSCC3=O)n2)cc1. The lowest BCUT2D eigenvalue weighted by molar-refractivity contribution is -0.117. The molecule has 0 aliphatic carbocycles. The predicted molar refractivity (Wildman–Crippen MR) is 71.4 cm³/mol. The van der Waals surface area contributed by atoms with Crippen molar-refractivity contribution in [2.75, 3.05) is 18.6 Å². The Morgan fingerprint density at radius 3 is 2.79 bits per heavy atom. The number of aromatic nitrogens is 2. The van der Waals surface area contributed by atoms with Crippen LogP contribution in [0.3, 0.4) is 0 Å². The highest BCUT2D eigenvalue weighted by Gasteiger charge is 2.31. The molecule has 1 aliphatic heterocycles. The maximum absolute atomic E-state index is 11.6. The van der Waals surface area contributed by atoms with Crippen molar-refractivity contribution in [3.8, 4) is 17.1 Å². The van der Waals surface area contributed by atoms with E-state index < -0.39 is 0 Å². The second kappa shape index (κ2) is 5.05. The summed E-state index contributed by atoms with van der Waals surface area (Å²) in [6.45, 7) is 0. The summed E-state index contributed by atoms with van der Waals surface area (Å²) in [6, 6.07) is 7.39. The first-order chi connectivity index (χ1) is 9.28. The molecule has 5 nitrogen and oxygen atoms in total. The van der Waals surface area contributed by atoms with Crippen LogP contribution in [-0.2, 0) is 4.79 Å². The van der Waals surface area contributed by atoms with E-state index in [0.29, 0.717) is 17.5 Å². The maximum atomic E-state index is 11.6. The molecule has 0 amide bonds. The normalized spacial score (nSPS) is 18.8. The van der Waals surface area contributed by atoms with Crippen molar-refractivity contribution in [3.63, 3.8) is 0 Å². The molecule has 1 aromatic carbocycles. The molecular weight excluding hydrogens is 264 g/mol. The van der Waals surface area contributed by atoms with E-state index in [9.17, 15) is 4.79 Å². The van der Waals surface area contributed by atoms with Crippen molar-refractivity contribution in [3.05, 3.63) is 30.2 Å². The summed E-state index contributed by atoms with van der Waals surface area (Å²) in [7, 11) is 1.62. The number of ether oxygens (including phenoxy) is 1. The highest BCUT2D eigenvalue weighted by molar-refractivity contribution is 8.00. The van der Waals surface area contributed by atoms with Crippen molar-refractivity contribution in [1.82, 2.24) is 10.1 Å². The zero-order chi connectivity index (χ0) is 13.2. The molecule has 0 bridgehead atoms. The Morgan fingerprint density at radius 2 is 2.16 bits per heavy atom. The third-order valence-corrected chi connectivity index (χ3v) is 4.06. The van der Waals surface area contributed by atoms with Gasteiger partial charge in [0, 0.05) is 11.3 Å². The molecule has 98 valence electrons. The molecular formula is C13H12N2O3S. The number of ketones is 1. The minimum absolute atomic E-state index is 0.162. The van der Waals surface area contributed by atoms with Gasteiger partial charge in [-0.2, -0.15) is 16.7 Å². The first-order valence-electron chi connectivity index (χ1n) is 5.86. The molecule has 0 spiro atoms. The van der Waals surface area contributed by atoms with E-state index in [1.54, 1.807) is 18.9 Å². The van der Waals surface area contributed by atoms with Gasteiger partial charge in [0.1, 0.15) is 11.7 Å². The van der Waals surface area contributed by atoms with Crippen LogP contribution in [-0.4, -0.2) is 34.5 Å². The molecule has 1 fully saturated rings. The number of hydrogen-bond donors (Lipinski definition) is 0. The van der Waals surface area contributed by atoms with Crippen molar-refractivity contribution in [2.45, 2.75) is 5.92 Å². The summed E-state index contributed by atoms with van der Waals surface area (Å²) in [6.07, 6.45) is 0. The molecule has 1 atom stereocenters. The summed E-state index contributed by atoms with van der Waals surface area (Å²) in [4.78, 5) is 16.0. The van der Waals surface area contributed by atoms with Gasteiger partial charge in [0.15, 0.2) is 5.78 Å². The minimum Gasteiger partial charge on any atom is -0.497 e. The van der Waals surface area contributed by atoms with Crippen molar-refractivity contribution >= 4 is 17.5 Å². The number of Topliss-reactive ketones (excluding diaryl/α,β-unsaturated/α-hetero) is 1. The number of rotatable bonds is 3. The lowest BCUT2D eigenvalue weighted by atomic mass is 10.1. The number of nitrogens with zero attached hydrogens (tertiary/aromatic N) is 2. The van der Waals surface area contributed by atoms with Crippen LogP contribution in [0.5, 0.6) is 5.75 Å². The Kier molecular flexibility index (Phi) is 3.25. The maximum Gasteiger partial charge on any atom is 0.238 e. The van der Waals surface area contributed by atoms with Gasteiger partial charge >= 0.3 is 0 Å². The van der Waals surface area contributed by atoms with E-state index in [0.717, 1.165) is 17.1 Å². The largest absolute Gasteiger partial charge is 0.497 e. The first-order valence-corrected chi connectivity index (χ1v) is 7.02.